The molecule has 1 N–H and O–H groups in total. The molecule has 0 saturated carbocycles. The molecule has 0 aliphatic carbocycles. The number of hydrogen-bond acceptors (Lipinski definition) is 3. The van der Waals surface area contributed by atoms with Gasteiger partial charge < -0.3 is 5.11 Å². The van der Waals surface area contributed by atoms with Crippen molar-refractivity contribution in [2.75, 3.05) is 13.6 Å². The third-order valence-corrected chi connectivity index (χ3v) is 2.78. The SMILES string of the molecule is CC(O)CN(C)S(=O)(=O)C(F)(F)F. The Hall–Kier alpha value is -0.340. The number of halogens is 3. The fourth-order valence-corrected chi connectivity index (χ4v) is 1.41. The van der Waals surface area contributed by atoms with Crippen LogP contribution in [0.5, 0.6) is 0 Å². The van der Waals surface area contributed by atoms with Crippen molar-refractivity contribution >= 4 is 10.0 Å². The molecule has 0 aliphatic rings. The molecule has 0 radical (unpaired) electrons. The van der Waals surface area contributed by atoms with Gasteiger partial charge in [-0.15, -0.1) is 0 Å². The van der Waals surface area contributed by atoms with Crippen molar-refractivity contribution < 1.29 is 26.7 Å². The van der Waals surface area contributed by atoms with Gasteiger partial charge in [-0.2, -0.15) is 17.5 Å². The highest BCUT2D eigenvalue weighted by Crippen LogP contribution is 2.25. The number of aliphatic hydroxyl groups is 1. The minimum Gasteiger partial charge on any atom is -0.392 e. The van der Waals surface area contributed by atoms with E-state index >= 15 is 0 Å². The smallest absolute Gasteiger partial charge is 0.392 e. The van der Waals surface area contributed by atoms with Crippen LogP contribution in [-0.4, -0.2) is 43.0 Å². The van der Waals surface area contributed by atoms with E-state index < -0.39 is 28.2 Å². The zero-order valence-electron chi connectivity index (χ0n) is 7.04. The summed E-state index contributed by atoms with van der Waals surface area (Å²) >= 11 is 0. The average molecular weight is 221 g/mol. The molecule has 8 heteroatoms. The lowest BCUT2D eigenvalue weighted by Gasteiger charge is -2.19. The van der Waals surface area contributed by atoms with E-state index in [1.54, 1.807) is 0 Å². The van der Waals surface area contributed by atoms with Crippen molar-refractivity contribution in [3.8, 4) is 0 Å². The molecule has 13 heavy (non-hydrogen) atoms. The van der Waals surface area contributed by atoms with Crippen LogP contribution < -0.4 is 0 Å². The second kappa shape index (κ2) is 3.81. The minimum atomic E-state index is -5.31. The van der Waals surface area contributed by atoms with E-state index in [9.17, 15) is 21.6 Å². The van der Waals surface area contributed by atoms with Crippen LogP contribution in [0.25, 0.3) is 0 Å². The first-order valence-electron chi connectivity index (χ1n) is 3.29. The number of hydrogen-bond donors (Lipinski definition) is 1. The standard InChI is InChI=1S/C5H10F3NO3S/c1-4(10)3-9(2)13(11,12)5(6,7)8/h4,10H,3H2,1-2H3. The number of alkyl halides is 3. The molecule has 0 spiro atoms. The second-order valence-corrected chi connectivity index (χ2v) is 4.62. The molecule has 1 atom stereocenters. The molecule has 0 aromatic rings. The van der Waals surface area contributed by atoms with Gasteiger partial charge in [-0.1, -0.05) is 0 Å². The molecule has 4 nitrogen and oxygen atoms in total. The Morgan fingerprint density at radius 3 is 2.08 bits per heavy atom. The van der Waals surface area contributed by atoms with Gasteiger partial charge in [0, 0.05) is 13.6 Å². The summed E-state index contributed by atoms with van der Waals surface area (Å²) < 4.78 is 56.7. The van der Waals surface area contributed by atoms with Gasteiger partial charge in [0.05, 0.1) is 6.10 Å². The third-order valence-electron chi connectivity index (χ3n) is 1.22. The molecule has 0 aromatic carbocycles. The predicted octanol–water partition coefficient (Wildman–Crippen LogP) is 0.149. The Kier molecular flexibility index (Phi) is 3.71. The summed E-state index contributed by atoms with van der Waals surface area (Å²) in [5.41, 5.74) is -5.31. The maximum atomic E-state index is 11.8. The number of aliphatic hydroxyl groups excluding tert-OH is 1. The summed E-state index contributed by atoms with van der Waals surface area (Å²) in [5.74, 6) is 0. The van der Waals surface area contributed by atoms with Crippen molar-refractivity contribution in [3.63, 3.8) is 0 Å². The van der Waals surface area contributed by atoms with Gasteiger partial charge in [-0.25, -0.2) is 8.42 Å². The Bertz CT molecular complexity index is 259. The average Bonchev–Trinajstić information content (AvgIpc) is 1.82. The largest absolute Gasteiger partial charge is 0.511 e. The minimum absolute atomic E-state index is 0.0671. The van der Waals surface area contributed by atoms with Crippen LogP contribution in [0, 0.1) is 0 Å². The Balaban J connectivity index is 4.67. The number of nitrogens with zero attached hydrogens (tertiary/aromatic N) is 1. The Morgan fingerprint density at radius 1 is 1.46 bits per heavy atom. The van der Waals surface area contributed by atoms with Gasteiger partial charge in [-0.3, -0.25) is 0 Å². The number of likely N-dealkylation sites (N-methyl/N-ethyl adjacent to an activating group) is 1. The zero-order chi connectivity index (χ0) is 10.9. The van der Waals surface area contributed by atoms with Crippen molar-refractivity contribution in [3.05, 3.63) is 0 Å². The quantitative estimate of drug-likeness (QED) is 0.738. The highest BCUT2D eigenvalue weighted by atomic mass is 32.2. The van der Waals surface area contributed by atoms with Gasteiger partial charge in [0.15, 0.2) is 0 Å². The van der Waals surface area contributed by atoms with Crippen LogP contribution in [0.4, 0.5) is 13.2 Å². The molecule has 80 valence electrons. The maximum absolute atomic E-state index is 11.8. The van der Waals surface area contributed by atoms with Crippen LogP contribution in [-0.2, 0) is 10.0 Å². The summed E-state index contributed by atoms with van der Waals surface area (Å²) in [6.45, 7) is 0.615. The number of rotatable bonds is 3. The molecular weight excluding hydrogens is 211 g/mol. The molecule has 0 aliphatic heterocycles. The van der Waals surface area contributed by atoms with E-state index in [0.717, 1.165) is 7.05 Å². The fourth-order valence-electron chi connectivity index (χ4n) is 0.647. The monoisotopic (exact) mass is 221 g/mol. The highest BCUT2D eigenvalue weighted by molar-refractivity contribution is 7.89. The van der Waals surface area contributed by atoms with Gasteiger partial charge >= 0.3 is 15.5 Å². The van der Waals surface area contributed by atoms with Gasteiger partial charge in [0.1, 0.15) is 0 Å². The first-order chi connectivity index (χ1) is 5.59. The first-order valence-corrected chi connectivity index (χ1v) is 4.73. The van der Waals surface area contributed by atoms with E-state index in [1.165, 1.54) is 6.92 Å². The first kappa shape index (κ1) is 12.7. The number of sulfonamides is 1. The lowest BCUT2D eigenvalue weighted by molar-refractivity contribution is -0.0488. The summed E-state index contributed by atoms with van der Waals surface area (Å²) in [5, 5.41) is 8.68. The topological polar surface area (TPSA) is 57.6 Å². The van der Waals surface area contributed by atoms with Crippen LogP contribution in [0.2, 0.25) is 0 Å². The summed E-state index contributed by atoms with van der Waals surface area (Å²) in [7, 11) is -4.54. The lowest BCUT2D eigenvalue weighted by atomic mass is 10.4. The van der Waals surface area contributed by atoms with Crippen LogP contribution in [0.3, 0.4) is 0 Å². The van der Waals surface area contributed by atoms with Crippen molar-refractivity contribution in [1.29, 1.82) is 0 Å². The molecule has 0 fully saturated rings. The van der Waals surface area contributed by atoms with Crippen LogP contribution >= 0.6 is 0 Å². The molecule has 0 amide bonds. The van der Waals surface area contributed by atoms with E-state index in [2.05, 4.69) is 0 Å². The van der Waals surface area contributed by atoms with Crippen molar-refractivity contribution in [1.82, 2.24) is 4.31 Å². The Morgan fingerprint density at radius 2 is 1.85 bits per heavy atom. The lowest BCUT2D eigenvalue weighted by Crippen LogP contribution is -2.41. The normalized spacial score (nSPS) is 16.2. The van der Waals surface area contributed by atoms with Gasteiger partial charge in [0.25, 0.3) is 0 Å². The van der Waals surface area contributed by atoms with Gasteiger partial charge in [-0.05, 0) is 6.92 Å². The maximum Gasteiger partial charge on any atom is 0.511 e. The van der Waals surface area contributed by atoms with Crippen LogP contribution in [0.1, 0.15) is 6.92 Å². The molecule has 1 unspecified atom stereocenters. The molecule has 0 aromatic heterocycles. The molecule has 0 rings (SSSR count). The fraction of sp³-hybridized carbons (Fsp3) is 1.00. The van der Waals surface area contributed by atoms with Gasteiger partial charge in [0.2, 0.25) is 0 Å². The van der Waals surface area contributed by atoms with E-state index in [1.807, 2.05) is 0 Å². The highest BCUT2D eigenvalue weighted by Gasteiger charge is 2.48. The predicted molar refractivity (Wildman–Crippen MR) is 39.3 cm³/mol. The summed E-state index contributed by atoms with van der Waals surface area (Å²) in [6.07, 6.45) is -1.14. The molecule has 0 saturated heterocycles. The zero-order valence-corrected chi connectivity index (χ0v) is 7.85. The summed E-state index contributed by atoms with van der Waals surface area (Å²) in [6, 6.07) is 0. The van der Waals surface area contributed by atoms with Crippen molar-refractivity contribution in [2.45, 2.75) is 18.5 Å². The van der Waals surface area contributed by atoms with E-state index in [0.29, 0.717) is 0 Å². The van der Waals surface area contributed by atoms with E-state index in [-0.39, 0.29) is 4.31 Å². The summed E-state index contributed by atoms with van der Waals surface area (Å²) in [4.78, 5) is 0. The third kappa shape index (κ3) is 3.12. The molecule has 0 heterocycles. The van der Waals surface area contributed by atoms with Crippen LogP contribution in [0.15, 0.2) is 0 Å². The molecular formula is C5H10F3NO3S. The van der Waals surface area contributed by atoms with E-state index in [4.69, 9.17) is 5.11 Å². The van der Waals surface area contributed by atoms with Crippen molar-refractivity contribution in [2.24, 2.45) is 0 Å². The Labute approximate surface area is 74.0 Å². The molecule has 0 bridgehead atoms. The second-order valence-electron chi connectivity index (χ2n) is 2.58.